The van der Waals surface area contributed by atoms with Crippen molar-refractivity contribution in [3.63, 3.8) is 0 Å². The van der Waals surface area contributed by atoms with Crippen molar-refractivity contribution in [1.29, 1.82) is 0 Å². The van der Waals surface area contributed by atoms with Gasteiger partial charge in [0.05, 0.1) is 24.1 Å². The third-order valence-electron chi connectivity index (χ3n) is 3.02. The number of likely N-dealkylation sites (N-methyl/N-ethyl adjacent to an activating group) is 1. The fraction of sp³-hybridized carbons (Fsp3) is 0.357. The van der Waals surface area contributed by atoms with Crippen LogP contribution in [0.4, 0.5) is 5.69 Å². The predicted octanol–water partition coefficient (Wildman–Crippen LogP) is 0.390. The molecule has 0 atom stereocenters. The second kappa shape index (κ2) is 6.29. The van der Waals surface area contributed by atoms with Crippen LogP contribution in [0.5, 0.6) is 0 Å². The lowest BCUT2D eigenvalue weighted by Crippen LogP contribution is -2.29. The second-order valence-electron chi connectivity index (χ2n) is 4.69. The van der Waals surface area contributed by atoms with E-state index in [1.54, 1.807) is 12.3 Å². The summed E-state index contributed by atoms with van der Waals surface area (Å²) in [7, 11) is 1.88. The predicted molar refractivity (Wildman–Crippen MR) is 78.9 cm³/mol. The second-order valence-corrected chi connectivity index (χ2v) is 4.69. The van der Waals surface area contributed by atoms with E-state index in [4.69, 9.17) is 5.73 Å². The van der Waals surface area contributed by atoms with Crippen molar-refractivity contribution in [3.05, 3.63) is 52.2 Å². The lowest BCUT2D eigenvalue weighted by atomic mass is 10.3. The molecule has 20 heavy (non-hydrogen) atoms. The van der Waals surface area contributed by atoms with Gasteiger partial charge in [-0.15, -0.1) is 0 Å². The summed E-state index contributed by atoms with van der Waals surface area (Å²) in [6.45, 7) is 3.52. The van der Waals surface area contributed by atoms with Crippen LogP contribution < -0.4 is 16.2 Å². The van der Waals surface area contributed by atoms with E-state index < -0.39 is 0 Å². The van der Waals surface area contributed by atoms with Crippen LogP contribution in [0.2, 0.25) is 0 Å². The van der Waals surface area contributed by atoms with E-state index in [9.17, 15) is 4.79 Å². The summed E-state index contributed by atoms with van der Waals surface area (Å²) >= 11 is 0. The molecular weight excluding hydrogens is 254 g/mol. The minimum absolute atomic E-state index is 0.144. The third kappa shape index (κ3) is 3.42. The summed E-state index contributed by atoms with van der Waals surface area (Å²) < 4.78 is 1.40. The van der Waals surface area contributed by atoms with Crippen molar-refractivity contribution < 1.29 is 0 Å². The van der Waals surface area contributed by atoms with Crippen LogP contribution in [0.1, 0.15) is 11.4 Å². The standard InChI is InChI=1S/C14H19N5O/c1-11-4-3-5-12(17-11)10-19-14(20)8-13(9-16-19)18(2)7-6-15/h3-5,8-9H,6-7,10,15H2,1-2H3. The quantitative estimate of drug-likeness (QED) is 0.852. The van der Waals surface area contributed by atoms with Gasteiger partial charge in [-0.05, 0) is 19.1 Å². The topological polar surface area (TPSA) is 77.0 Å². The highest BCUT2D eigenvalue weighted by Gasteiger charge is 2.05. The molecule has 0 unspecified atom stereocenters. The monoisotopic (exact) mass is 273 g/mol. The summed E-state index contributed by atoms with van der Waals surface area (Å²) in [6, 6.07) is 7.30. The van der Waals surface area contributed by atoms with Crippen LogP contribution in [0.15, 0.2) is 35.3 Å². The van der Waals surface area contributed by atoms with Gasteiger partial charge in [0.2, 0.25) is 0 Å². The van der Waals surface area contributed by atoms with Gasteiger partial charge in [-0.2, -0.15) is 5.10 Å². The summed E-state index contributed by atoms with van der Waals surface area (Å²) in [5.74, 6) is 0. The fourth-order valence-electron chi connectivity index (χ4n) is 1.92. The minimum Gasteiger partial charge on any atom is -0.372 e. The average Bonchev–Trinajstić information content (AvgIpc) is 2.41. The molecule has 2 rings (SSSR count). The highest BCUT2D eigenvalue weighted by molar-refractivity contribution is 5.41. The normalized spacial score (nSPS) is 10.6. The zero-order valence-corrected chi connectivity index (χ0v) is 11.8. The Morgan fingerprint density at radius 2 is 2.20 bits per heavy atom. The number of nitrogens with two attached hydrogens (primary N) is 1. The molecule has 2 heterocycles. The van der Waals surface area contributed by atoms with E-state index >= 15 is 0 Å². The van der Waals surface area contributed by atoms with Gasteiger partial charge in [0.1, 0.15) is 0 Å². The molecule has 0 bridgehead atoms. The number of anilines is 1. The van der Waals surface area contributed by atoms with Crippen LogP contribution in [0.3, 0.4) is 0 Å². The zero-order valence-electron chi connectivity index (χ0n) is 11.8. The molecule has 0 aliphatic heterocycles. The van der Waals surface area contributed by atoms with Gasteiger partial charge in [0.15, 0.2) is 0 Å². The molecule has 0 aliphatic rings. The average molecular weight is 273 g/mol. The Balaban J connectivity index is 2.20. The molecule has 0 aromatic carbocycles. The zero-order chi connectivity index (χ0) is 14.5. The number of rotatable bonds is 5. The van der Waals surface area contributed by atoms with E-state index in [0.29, 0.717) is 19.6 Å². The molecule has 6 nitrogen and oxygen atoms in total. The molecule has 0 spiro atoms. The SMILES string of the molecule is Cc1cccc(Cn2ncc(N(C)CCN)cc2=O)n1. The van der Waals surface area contributed by atoms with E-state index in [0.717, 1.165) is 17.1 Å². The van der Waals surface area contributed by atoms with Gasteiger partial charge in [-0.3, -0.25) is 9.78 Å². The van der Waals surface area contributed by atoms with Crippen LogP contribution in [-0.2, 0) is 6.54 Å². The first-order valence-corrected chi connectivity index (χ1v) is 6.51. The highest BCUT2D eigenvalue weighted by Crippen LogP contribution is 2.06. The minimum atomic E-state index is -0.144. The Bertz CT molecular complexity index is 637. The first-order valence-electron chi connectivity index (χ1n) is 6.51. The maximum absolute atomic E-state index is 12.1. The van der Waals surface area contributed by atoms with E-state index in [-0.39, 0.29) is 5.56 Å². The Hall–Kier alpha value is -2.21. The lowest BCUT2D eigenvalue weighted by Gasteiger charge is -2.17. The van der Waals surface area contributed by atoms with Crippen molar-refractivity contribution in [2.45, 2.75) is 13.5 Å². The van der Waals surface area contributed by atoms with Crippen LogP contribution in [0, 0.1) is 6.92 Å². The van der Waals surface area contributed by atoms with Gasteiger partial charge >= 0.3 is 0 Å². The van der Waals surface area contributed by atoms with E-state index in [2.05, 4.69) is 10.1 Å². The Labute approximate surface area is 117 Å². The lowest BCUT2D eigenvalue weighted by molar-refractivity contribution is 0.625. The summed E-state index contributed by atoms with van der Waals surface area (Å²) in [5, 5.41) is 4.19. The third-order valence-corrected chi connectivity index (χ3v) is 3.02. The number of pyridine rings is 1. The smallest absolute Gasteiger partial charge is 0.269 e. The van der Waals surface area contributed by atoms with Gasteiger partial charge in [-0.1, -0.05) is 6.07 Å². The maximum Gasteiger partial charge on any atom is 0.269 e. The molecule has 0 aliphatic carbocycles. The van der Waals surface area contributed by atoms with Crippen molar-refractivity contribution >= 4 is 5.69 Å². The fourth-order valence-corrected chi connectivity index (χ4v) is 1.92. The van der Waals surface area contributed by atoms with Gasteiger partial charge in [0.25, 0.3) is 5.56 Å². The molecule has 2 aromatic heterocycles. The molecule has 0 saturated heterocycles. The number of aryl methyl sites for hydroxylation is 1. The summed E-state index contributed by atoms with van der Waals surface area (Å²) in [6.07, 6.45) is 1.67. The Morgan fingerprint density at radius 1 is 1.40 bits per heavy atom. The summed E-state index contributed by atoms with van der Waals surface area (Å²) in [5.41, 5.74) is 7.87. The van der Waals surface area contributed by atoms with Gasteiger partial charge in [0, 0.05) is 31.9 Å². The van der Waals surface area contributed by atoms with Crippen LogP contribution >= 0.6 is 0 Å². The molecule has 2 aromatic rings. The van der Waals surface area contributed by atoms with E-state index in [1.165, 1.54) is 4.68 Å². The number of hydrogen-bond acceptors (Lipinski definition) is 5. The van der Waals surface area contributed by atoms with Gasteiger partial charge < -0.3 is 10.6 Å². The first kappa shape index (κ1) is 14.2. The Kier molecular flexibility index (Phi) is 4.47. The van der Waals surface area contributed by atoms with Gasteiger partial charge in [-0.25, -0.2) is 4.68 Å². The maximum atomic E-state index is 12.1. The molecular formula is C14H19N5O. The molecule has 0 saturated carbocycles. The number of aromatic nitrogens is 3. The number of hydrogen-bond donors (Lipinski definition) is 1. The van der Waals surface area contributed by atoms with Crippen molar-refractivity contribution in [1.82, 2.24) is 14.8 Å². The molecule has 106 valence electrons. The van der Waals surface area contributed by atoms with Crippen molar-refractivity contribution in [2.75, 3.05) is 25.0 Å². The van der Waals surface area contributed by atoms with Crippen molar-refractivity contribution in [3.8, 4) is 0 Å². The van der Waals surface area contributed by atoms with E-state index in [1.807, 2.05) is 37.1 Å². The van der Waals surface area contributed by atoms with Crippen LogP contribution in [-0.4, -0.2) is 34.9 Å². The molecule has 0 fully saturated rings. The molecule has 6 heteroatoms. The molecule has 0 amide bonds. The van der Waals surface area contributed by atoms with Crippen molar-refractivity contribution in [2.24, 2.45) is 5.73 Å². The number of nitrogens with zero attached hydrogens (tertiary/aromatic N) is 4. The molecule has 2 N–H and O–H groups in total. The summed E-state index contributed by atoms with van der Waals surface area (Å²) in [4.78, 5) is 18.3. The van der Waals surface area contributed by atoms with Crippen LogP contribution in [0.25, 0.3) is 0 Å². The highest BCUT2D eigenvalue weighted by atomic mass is 16.1. The Morgan fingerprint density at radius 3 is 2.85 bits per heavy atom. The molecule has 0 radical (unpaired) electrons. The first-order chi connectivity index (χ1) is 9.60. The largest absolute Gasteiger partial charge is 0.372 e.